The molecule has 2 aromatic carbocycles. The molecule has 1 aliphatic rings. The highest BCUT2D eigenvalue weighted by Crippen LogP contribution is 2.40. The molecule has 0 saturated carbocycles. The third kappa shape index (κ3) is 5.88. The van der Waals surface area contributed by atoms with Crippen LogP contribution in [0.4, 0.5) is 0 Å². The number of benzene rings is 2. The first-order chi connectivity index (χ1) is 20.9. The van der Waals surface area contributed by atoms with Gasteiger partial charge >= 0.3 is 5.97 Å². The van der Waals surface area contributed by atoms with E-state index in [1.807, 2.05) is 42.5 Å². The number of hydrogen-bond donors (Lipinski definition) is 0. The number of aromatic nitrogens is 3. The van der Waals surface area contributed by atoms with Crippen LogP contribution in [0.3, 0.4) is 0 Å². The van der Waals surface area contributed by atoms with Gasteiger partial charge in [-0.15, -0.1) is 0 Å². The van der Waals surface area contributed by atoms with Crippen LogP contribution in [0.1, 0.15) is 51.9 Å². The number of pyridine rings is 1. The van der Waals surface area contributed by atoms with Crippen LogP contribution in [-0.2, 0) is 43.0 Å². The summed E-state index contributed by atoms with van der Waals surface area (Å²) in [5, 5.41) is 0. The molecular formula is C33H37N3O6S. The van der Waals surface area contributed by atoms with Crippen LogP contribution in [0.15, 0.2) is 53.3 Å². The summed E-state index contributed by atoms with van der Waals surface area (Å²) in [6.45, 7) is 3.22. The minimum Gasteiger partial charge on any atom is -0.497 e. The molecule has 0 saturated heterocycles. The van der Waals surface area contributed by atoms with Gasteiger partial charge in [-0.1, -0.05) is 30.3 Å². The van der Waals surface area contributed by atoms with E-state index in [1.54, 1.807) is 36.6 Å². The number of ether oxygens (including phenoxy) is 4. The van der Waals surface area contributed by atoms with Crippen molar-refractivity contribution in [3.8, 4) is 28.6 Å². The Hall–Kier alpha value is -4.18. The monoisotopic (exact) mass is 603 g/mol. The number of hydrogen-bond acceptors (Lipinski definition) is 8. The second kappa shape index (κ2) is 13.4. The summed E-state index contributed by atoms with van der Waals surface area (Å²) in [5.41, 5.74) is 4.34. The van der Waals surface area contributed by atoms with Crippen LogP contribution in [0.25, 0.3) is 11.4 Å². The zero-order valence-corrected chi connectivity index (χ0v) is 26.1. The molecule has 0 aliphatic heterocycles. The molecule has 5 rings (SSSR count). The lowest BCUT2D eigenvalue weighted by Crippen LogP contribution is -2.31. The van der Waals surface area contributed by atoms with E-state index in [4.69, 9.17) is 23.9 Å². The molecule has 9 nitrogen and oxygen atoms in total. The van der Waals surface area contributed by atoms with Crippen LogP contribution < -0.4 is 19.8 Å². The molecule has 0 amide bonds. The van der Waals surface area contributed by atoms with E-state index in [9.17, 15) is 9.59 Å². The van der Waals surface area contributed by atoms with Crippen molar-refractivity contribution >= 4 is 17.7 Å². The van der Waals surface area contributed by atoms with Gasteiger partial charge in [-0.2, -0.15) is 11.8 Å². The van der Waals surface area contributed by atoms with Crippen molar-refractivity contribution in [2.75, 3.05) is 27.6 Å². The summed E-state index contributed by atoms with van der Waals surface area (Å²) in [6.07, 6.45) is 4.24. The molecule has 0 radical (unpaired) electrons. The van der Waals surface area contributed by atoms with Crippen LogP contribution in [0.5, 0.6) is 17.2 Å². The minimum atomic E-state index is -0.738. The third-order valence-electron chi connectivity index (χ3n) is 7.76. The van der Waals surface area contributed by atoms with Crippen LogP contribution in [0.2, 0.25) is 0 Å². The van der Waals surface area contributed by atoms with Crippen LogP contribution in [0, 0.1) is 0 Å². The Labute approximate surface area is 255 Å². The molecule has 4 aromatic rings. The van der Waals surface area contributed by atoms with Crippen molar-refractivity contribution in [1.29, 1.82) is 0 Å². The van der Waals surface area contributed by atoms with E-state index in [0.29, 0.717) is 23.6 Å². The van der Waals surface area contributed by atoms with Crippen molar-refractivity contribution in [3.05, 3.63) is 92.7 Å². The van der Waals surface area contributed by atoms with Gasteiger partial charge in [0.2, 0.25) is 0 Å². The highest BCUT2D eigenvalue weighted by Gasteiger charge is 2.33. The molecule has 10 heteroatoms. The fraction of sp³-hybridized carbons (Fsp3) is 0.364. The van der Waals surface area contributed by atoms with Gasteiger partial charge in [0.25, 0.3) is 5.56 Å². The molecular weight excluding hydrogens is 566 g/mol. The number of nitrogens with zero attached hydrogens (tertiary/aromatic N) is 3. The fourth-order valence-electron chi connectivity index (χ4n) is 5.76. The van der Waals surface area contributed by atoms with Gasteiger partial charge in [-0.3, -0.25) is 4.79 Å². The van der Waals surface area contributed by atoms with Crippen molar-refractivity contribution in [1.82, 2.24) is 14.1 Å². The average Bonchev–Trinajstić information content (AvgIpc) is 3.27. The predicted molar refractivity (Wildman–Crippen MR) is 168 cm³/mol. The number of rotatable bonds is 11. The number of carbonyl (C=O) groups excluding carboxylic acids is 1. The summed E-state index contributed by atoms with van der Waals surface area (Å²) >= 11 is 1.70. The van der Waals surface area contributed by atoms with Gasteiger partial charge in [-0.05, 0) is 50.1 Å². The lowest BCUT2D eigenvalue weighted by Gasteiger charge is -2.22. The molecule has 0 N–H and O–H groups in total. The summed E-state index contributed by atoms with van der Waals surface area (Å²) in [7, 11) is 4.45. The predicted octanol–water partition coefficient (Wildman–Crippen LogP) is 5.51. The Kier molecular flexibility index (Phi) is 9.45. The van der Waals surface area contributed by atoms with Gasteiger partial charge in [0.1, 0.15) is 35.4 Å². The molecule has 43 heavy (non-hydrogen) atoms. The molecule has 0 unspecified atom stereocenters. The third-order valence-corrected chi connectivity index (χ3v) is 8.31. The van der Waals surface area contributed by atoms with E-state index in [2.05, 4.69) is 17.7 Å². The normalized spacial score (nSPS) is 12.2. The minimum absolute atomic E-state index is 0.118. The lowest BCUT2D eigenvalue weighted by molar-refractivity contribution is 0.0592. The maximum Gasteiger partial charge on any atom is 0.347 e. The van der Waals surface area contributed by atoms with E-state index in [0.717, 1.165) is 59.0 Å². The first-order valence-electron chi connectivity index (χ1n) is 14.3. The molecule has 0 fully saturated rings. The number of esters is 1. The van der Waals surface area contributed by atoms with E-state index >= 15 is 0 Å². The van der Waals surface area contributed by atoms with E-state index < -0.39 is 11.5 Å². The maximum atomic E-state index is 14.5. The Morgan fingerprint density at radius 3 is 2.49 bits per heavy atom. The molecule has 0 spiro atoms. The Morgan fingerprint density at radius 1 is 1.02 bits per heavy atom. The van der Waals surface area contributed by atoms with Gasteiger partial charge in [-0.25, -0.2) is 9.78 Å². The van der Waals surface area contributed by atoms with Crippen LogP contribution in [-0.4, -0.2) is 47.7 Å². The number of carbonyl (C=O) groups is 1. The second-order valence-corrected chi connectivity index (χ2v) is 11.1. The molecule has 1 aliphatic carbocycles. The van der Waals surface area contributed by atoms with Gasteiger partial charge in [0, 0.05) is 29.4 Å². The fourth-order valence-corrected chi connectivity index (χ4v) is 6.24. The van der Waals surface area contributed by atoms with Crippen molar-refractivity contribution < 1.29 is 23.7 Å². The number of thioether (sulfide) groups is 1. The topological polar surface area (TPSA) is 93.8 Å². The standard InChI is InChI=1S/C33H37N3O6S/c1-6-35-25-14-10-13-24-30(29(25)34-27(35)20-43-5)36(18-22-15-16-23(39-2)17-26(22)40-3)32(37)28(33(38)41-4)31(24)42-19-21-11-8-7-9-12-21/h7-9,11-12,15-17H,6,10,13-14,18-20H2,1-5H3. The second-order valence-electron chi connectivity index (χ2n) is 10.2. The average molecular weight is 604 g/mol. The lowest BCUT2D eigenvalue weighted by atomic mass is 10.0. The summed E-state index contributed by atoms with van der Waals surface area (Å²) in [5.74, 6) is 2.43. The first kappa shape index (κ1) is 30.3. The Morgan fingerprint density at radius 2 is 1.81 bits per heavy atom. The number of imidazole rings is 1. The highest BCUT2D eigenvalue weighted by molar-refractivity contribution is 7.97. The SMILES string of the molecule is CCn1c(CSC)nc2c1CCCc1c(OCc3ccccc3)c(C(=O)OC)c(=O)n(Cc3ccc(OC)cc3OC)c1-2. The van der Waals surface area contributed by atoms with Crippen molar-refractivity contribution in [2.24, 2.45) is 0 Å². The summed E-state index contributed by atoms with van der Waals surface area (Å²) in [6, 6.07) is 15.2. The van der Waals surface area contributed by atoms with Crippen LogP contribution >= 0.6 is 11.8 Å². The summed E-state index contributed by atoms with van der Waals surface area (Å²) in [4.78, 5) is 32.9. The maximum absolute atomic E-state index is 14.5. The zero-order valence-electron chi connectivity index (χ0n) is 25.3. The number of methoxy groups -OCH3 is 3. The highest BCUT2D eigenvalue weighted by atomic mass is 32.2. The van der Waals surface area contributed by atoms with Crippen molar-refractivity contribution in [3.63, 3.8) is 0 Å². The Bertz CT molecular complexity index is 1680. The van der Waals surface area contributed by atoms with E-state index in [1.165, 1.54) is 7.11 Å². The summed E-state index contributed by atoms with van der Waals surface area (Å²) < 4.78 is 26.5. The first-order valence-corrected chi connectivity index (χ1v) is 15.7. The van der Waals surface area contributed by atoms with Gasteiger partial charge in [0.15, 0.2) is 5.56 Å². The molecule has 2 aromatic heterocycles. The molecule has 0 atom stereocenters. The molecule has 0 bridgehead atoms. The quantitative estimate of drug-likeness (QED) is 0.207. The van der Waals surface area contributed by atoms with E-state index in [-0.39, 0.29) is 24.5 Å². The molecule has 2 heterocycles. The van der Waals surface area contributed by atoms with Gasteiger partial charge in [0.05, 0.1) is 39.3 Å². The van der Waals surface area contributed by atoms with Crippen molar-refractivity contribution in [2.45, 2.75) is 51.6 Å². The number of fused-ring (bicyclic) bond motifs is 3. The van der Waals surface area contributed by atoms with Gasteiger partial charge < -0.3 is 28.1 Å². The molecule has 226 valence electrons. The smallest absolute Gasteiger partial charge is 0.347 e. The Balaban J connectivity index is 1.81. The zero-order chi connectivity index (χ0) is 30.5. The largest absolute Gasteiger partial charge is 0.497 e.